The lowest BCUT2D eigenvalue weighted by Gasteiger charge is -2.06. The molecule has 2 rings (SSSR count). The number of rotatable bonds is 5. The Balaban J connectivity index is 2.27. The van der Waals surface area contributed by atoms with Crippen LogP contribution in [0.15, 0.2) is 35.1 Å². The van der Waals surface area contributed by atoms with Crippen molar-refractivity contribution in [2.45, 2.75) is 26.7 Å². The van der Waals surface area contributed by atoms with E-state index in [-0.39, 0.29) is 11.6 Å². The molecule has 0 bridgehead atoms. The van der Waals surface area contributed by atoms with Crippen molar-refractivity contribution in [2.75, 3.05) is 6.54 Å². The zero-order valence-electron chi connectivity index (χ0n) is 12.3. The molecule has 0 aliphatic rings. The molecule has 1 aromatic heterocycles. The Morgan fingerprint density at radius 1 is 1.29 bits per heavy atom. The average molecular weight is 285 g/mol. The average Bonchev–Trinajstić information content (AvgIpc) is 2.47. The summed E-state index contributed by atoms with van der Waals surface area (Å²) in [7, 11) is 0. The molecular weight excluding hydrogens is 266 g/mol. The SMILES string of the molecule is CCCCNC(=O)c1cc(-c2ccc(C)cc2)nc(=O)[nH]1. The predicted molar refractivity (Wildman–Crippen MR) is 82.3 cm³/mol. The van der Waals surface area contributed by atoms with Crippen LogP contribution >= 0.6 is 0 Å². The number of amides is 1. The van der Waals surface area contributed by atoms with Gasteiger partial charge in [0.1, 0.15) is 5.69 Å². The number of hydrogen-bond acceptors (Lipinski definition) is 3. The molecule has 0 atom stereocenters. The number of benzene rings is 1. The van der Waals surface area contributed by atoms with E-state index in [0.29, 0.717) is 12.2 Å². The molecule has 0 aliphatic carbocycles. The van der Waals surface area contributed by atoms with Crippen molar-refractivity contribution < 1.29 is 4.79 Å². The summed E-state index contributed by atoms with van der Waals surface area (Å²) in [6.07, 6.45) is 1.91. The highest BCUT2D eigenvalue weighted by molar-refractivity contribution is 5.93. The Morgan fingerprint density at radius 3 is 2.67 bits per heavy atom. The minimum absolute atomic E-state index is 0.238. The fourth-order valence-electron chi connectivity index (χ4n) is 1.93. The summed E-state index contributed by atoms with van der Waals surface area (Å²) in [5.74, 6) is -0.281. The molecule has 1 amide bonds. The first-order chi connectivity index (χ1) is 10.1. The standard InChI is InChI=1S/C16H19N3O2/c1-3-4-9-17-15(20)14-10-13(18-16(21)19-14)12-7-5-11(2)6-8-12/h5-8,10H,3-4,9H2,1-2H3,(H,17,20)(H,18,19,21). The van der Waals surface area contributed by atoms with Crippen LogP contribution in [-0.2, 0) is 0 Å². The molecule has 1 aromatic carbocycles. The maximum absolute atomic E-state index is 12.0. The van der Waals surface area contributed by atoms with Crippen molar-refractivity contribution in [3.05, 3.63) is 52.1 Å². The molecule has 110 valence electrons. The highest BCUT2D eigenvalue weighted by Gasteiger charge is 2.10. The van der Waals surface area contributed by atoms with Crippen LogP contribution in [0, 0.1) is 6.92 Å². The molecular formula is C16H19N3O2. The normalized spacial score (nSPS) is 10.4. The lowest BCUT2D eigenvalue weighted by atomic mass is 10.1. The van der Waals surface area contributed by atoms with Gasteiger partial charge in [-0.15, -0.1) is 0 Å². The summed E-state index contributed by atoms with van der Waals surface area (Å²) >= 11 is 0. The summed E-state index contributed by atoms with van der Waals surface area (Å²) in [5, 5.41) is 2.78. The molecule has 2 aromatic rings. The predicted octanol–water partition coefficient (Wildman–Crippen LogP) is 2.28. The molecule has 0 spiro atoms. The van der Waals surface area contributed by atoms with E-state index in [2.05, 4.69) is 22.2 Å². The summed E-state index contributed by atoms with van der Waals surface area (Å²) in [6, 6.07) is 9.26. The largest absolute Gasteiger partial charge is 0.351 e. The number of hydrogen-bond donors (Lipinski definition) is 2. The molecule has 0 saturated heterocycles. The maximum atomic E-state index is 12.0. The van der Waals surface area contributed by atoms with Crippen molar-refractivity contribution in [1.82, 2.24) is 15.3 Å². The van der Waals surface area contributed by atoms with Crippen LogP contribution in [0.25, 0.3) is 11.3 Å². The van der Waals surface area contributed by atoms with Crippen LogP contribution in [0.4, 0.5) is 0 Å². The third-order valence-electron chi connectivity index (χ3n) is 3.15. The fraction of sp³-hybridized carbons (Fsp3) is 0.312. The van der Waals surface area contributed by atoms with Crippen LogP contribution in [-0.4, -0.2) is 22.4 Å². The van der Waals surface area contributed by atoms with Crippen molar-refractivity contribution in [3.63, 3.8) is 0 Å². The lowest BCUT2D eigenvalue weighted by molar-refractivity contribution is 0.0947. The van der Waals surface area contributed by atoms with E-state index in [0.717, 1.165) is 24.0 Å². The Hall–Kier alpha value is -2.43. The number of carbonyl (C=O) groups is 1. The van der Waals surface area contributed by atoms with E-state index >= 15 is 0 Å². The lowest BCUT2D eigenvalue weighted by Crippen LogP contribution is -2.28. The first-order valence-electron chi connectivity index (χ1n) is 7.06. The molecule has 0 fully saturated rings. The third kappa shape index (κ3) is 4.02. The second kappa shape index (κ2) is 6.83. The van der Waals surface area contributed by atoms with Gasteiger partial charge in [0.2, 0.25) is 0 Å². The summed E-state index contributed by atoms with van der Waals surface area (Å²) < 4.78 is 0. The number of nitrogens with zero attached hydrogens (tertiary/aromatic N) is 1. The van der Waals surface area contributed by atoms with Crippen molar-refractivity contribution in [1.29, 1.82) is 0 Å². The molecule has 0 radical (unpaired) electrons. The van der Waals surface area contributed by atoms with Gasteiger partial charge in [0.25, 0.3) is 5.91 Å². The van der Waals surface area contributed by atoms with Crippen molar-refractivity contribution >= 4 is 5.91 Å². The first-order valence-corrected chi connectivity index (χ1v) is 7.06. The summed E-state index contributed by atoms with van der Waals surface area (Å²) in [6.45, 7) is 4.64. The zero-order chi connectivity index (χ0) is 15.2. The molecule has 21 heavy (non-hydrogen) atoms. The van der Waals surface area contributed by atoms with E-state index < -0.39 is 5.69 Å². The van der Waals surface area contributed by atoms with E-state index in [1.807, 2.05) is 31.2 Å². The number of carbonyl (C=O) groups excluding carboxylic acids is 1. The van der Waals surface area contributed by atoms with Crippen LogP contribution < -0.4 is 11.0 Å². The molecule has 1 heterocycles. The van der Waals surface area contributed by atoms with E-state index in [1.165, 1.54) is 0 Å². The van der Waals surface area contributed by atoms with Gasteiger partial charge in [-0.05, 0) is 19.4 Å². The van der Waals surface area contributed by atoms with E-state index in [4.69, 9.17) is 0 Å². The van der Waals surface area contributed by atoms with Gasteiger partial charge in [0.05, 0.1) is 5.69 Å². The number of nitrogens with one attached hydrogen (secondary N) is 2. The first kappa shape index (κ1) is 15.0. The van der Waals surface area contributed by atoms with Crippen molar-refractivity contribution in [3.8, 4) is 11.3 Å². The van der Waals surface area contributed by atoms with Gasteiger partial charge in [-0.1, -0.05) is 43.2 Å². The molecule has 0 aliphatic heterocycles. The fourth-order valence-corrected chi connectivity index (χ4v) is 1.93. The Morgan fingerprint density at radius 2 is 2.00 bits per heavy atom. The topological polar surface area (TPSA) is 74.8 Å². The Bertz CT molecular complexity index is 675. The summed E-state index contributed by atoms with van der Waals surface area (Å²) in [5.41, 5.74) is 2.16. The third-order valence-corrected chi connectivity index (χ3v) is 3.15. The van der Waals surface area contributed by atoms with Crippen molar-refractivity contribution in [2.24, 2.45) is 0 Å². The quantitative estimate of drug-likeness (QED) is 0.828. The number of H-pyrrole nitrogens is 1. The highest BCUT2D eigenvalue weighted by Crippen LogP contribution is 2.16. The minimum atomic E-state index is -0.520. The number of unbranched alkanes of at least 4 members (excludes halogenated alkanes) is 1. The van der Waals surface area contributed by atoms with Crippen LogP contribution in [0.2, 0.25) is 0 Å². The number of aryl methyl sites for hydroxylation is 1. The van der Waals surface area contributed by atoms with Gasteiger partial charge in [0.15, 0.2) is 0 Å². The number of aromatic nitrogens is 2. The van der Waals surface area contributed by atoms with E-state index in [9.17, 15) is 9.59 Å². The van der Waals surface area contributed by atoms with Gasteiger partial charge in [-0.2, -0.15) is 4.98 Å². The smallest absolute Gasteiger partial charge is 0.346 e. The van der Waals surface area contributed by atoms with Crippen LogP contribution in [0.5, 0.6) is 0 Å². The maximum Gasteiger partial charge on any atom is 0.346 e. The molecule has 5 heteroatoms. The van der Waals surface area contributed by atoms with E-state index in [1.54, 1.807) is 6.07 Å². The minimum Gasteiger partial charge on any atom is -0.351 e. The zero-order valence-corrected chi connectivity index (χ0v) is 12.3. The molecule has 2 N–H and O–H groups in total. The van der Waals surface area contributed by atoms with Crippen LogP contribution in [0.1, 0.15) is 35.8 Å². The highest BCUT2D eigenvalue weighted by atomic mass is 16.2. The second-order valence-corrected chi connectivity index (χ2v) is 4.96. The van der Waals surface area contributed by atoms with Gasteiger partial charge < -0.3 is 10.3 Å². The van der Waals surface area contributed by atoms with Gasteiger partial charge in [-0.25, -0.2) is 4.79 Å². The molecule has 5 nitrogen and oxygen atoms in total. The Labute approximate surface area is 123 Å². The van der Waals surface area contributed by atoms with Gasteiger partial charge in [-0.3, -0.25) is 4.79 Å². The van der Waals surface area contributed by atoms with Gasteiger partial charge in [0, 0.05) is 12.1 Å². The number of aromatic amines is 1. The Kier molecular flexibility index (Phi) is 4.87. The molecule has 0 unspecified atom stereocenters. The molecule has 0 saturated carbocycles. The van der Waals surface area contributed by atoms with Crippen LogP contribution in [0.3, 0.4) is 0 Å². The monoisotopic (exact) mass is 285 g/mol. The summed E-state index contributed by atoms with van der Waals surface area (Å²) in [4.78, 5) is 30.0. The van der Waals surface area contributed by atoms with Gasteiger partial charge >= 0.3 is 5.69 Å². The second-order valence-electron chi connectivity index (χ2n) is 4.96.